The highest BCUT2D eigenvalue weighted by Crippen LogP contribution is 2.15. The molecule has 1 aromatic rings. The summed E-state index contributed by atoms with van der Waals surface area (Å²) in [5, 5.41) is 2.99. The third kappa shape index (κ3) is 3.86. The maximum atomic E-state index is 12.1. The minimum absolute atomic E-state index is 0.00935. The second-order valence-electron chi connectivity index (χ2n) is 5.08. The van der Waals surface area contributed by atoms with Crippen molar-refractivity contribution in [2.75, 3.05) is 0 Å². The van der Waals surface area contributed by atoms with Crippen LogP contribution in [-0.4, -0.2) is 11.4 Å². The van der Waals surface area contributed by atoms with Gasteiger partial charge in [0, 0.05) is 0 Å². The fourth-order valence-electron chi connectivity index (χ4n) is 2.08. The number of aryl methyl sites for hydroxylation is 2. The van der Waals surface area contributed by atoms with E-state index < -0.39 is 5.54 Å². The predicted molar refractivity (Wildman–Crippen MR) is 79.9 cm³/mol. The van der Waals surface area contributed by atoms with Crippen LogP contribution in [0.25, 0.3) is 0 Å². The Kier molecular flexibility index (Phi) is 5.18. The molecule has 19 heavy (non-hydrogen) atoms. The monoisotopic (exact) mass is 257 g/mol. The molecule has 2 nitrogen and oxygen atoms in total. The summed E-state index contributed by atoms with van der Waals surface area (Å²) in [7, 11) is 0. The Balaban J connectivity index is 2.75. The first kappa shape index (κ1) is 15.3. The molecule has 102 valence electrons. The standard InChI is InChI=1S/C17H23NO/c1-6-17(7-2,8-3)18-16(19)12-15-10-9-13(4)14(5)11-15/h1,9-11H,7-8,12H2,2-5H3,(H,18,19). The number of nitrogens with one attached hydrogen (secondary N) is 1. The second-order valence-corrected chi connectivity index (χ2v) is 5.08. The van der Waals surface area contributed by atoms with Crippen molar-refractivity contribution in [2.24, 2.45) is 0 Å². The normalized spacial score (nSPS) is 10.9. The van der Waals surface area contributed by atoms with E-state index in [2.05, 4.69) is 31.2 Å². The second kappa shape index (κ2) is 6.43. The van der Waals surface area contributed by atoms with E-state index in [4.69, 9.17) is 6.42 Å². The van der Waals surface area contributed by atoms with E-state index in [1.165, 1.54) is 11.1 Å². The van der Waals surface area contributed by atoms with E-state index in [1.807, 2.05) is 26.0 Å². The van der Waals surface area contributed by atoms with Gasteiger partial charge < -0.3 is 5.32 Å². The van der Waals surface area contributed by atoms with Crippen LogP contribution in [0.15, 0.2) is 18.2 Å². The topological polar surface area (TPSA) is 29.1 Å². The maximum Gasteiger partial charge on any atom is 0.225 e. The Morgan fingerprint density at radius 2 is 1.89 bits per heavy atom. The number of carbonyl (C=O) groups excluding carboxylic acids is 1. The van der Waals surface area contributed by atoms with E-state index in [0.29, 0.717) is 6.42 Å². The molecule has 0 aliphatic rings. The van der Waals surface area contributed by atoms with Crippen LogP contribution in [0.1, 0.15) is 43.4 Å². The highest BCUT2D eigenvalue weighted by atomic mass is 16.1. The number of amides is 1. The molecule has 0 spiro atoms. The summed E-state index contributed by atoms with van der Waals surface area (Å²) in [5.41, 5.74) is 2.97. The Hall–Kier alpha value is -1.75. The van der Waals surface area contributed by atoms with Crippen LogP contribution in [0.3, 0.4) is 0 Å². The quantitative estimate of drug-likeness (QED) is 0.807. The lowest BCUT2D eigenvalue weighted by atomic mass is 9.93. The minimum atomic E-state index is -0.503. The zero-order valence-electron chi connectivity index (χ0n) is 12.3. The van der Waals surface area contributed by atoms with Crippen molar-refractivity contribution in [1.82, 2.24) is 5.32 Å². The van der Waals surface area contributed by atoms with Crippen LogP contribution in [-0.2, 0) is 11.2 Å². The van der Waals surface area contributed by atoms with Gasteiger partial charge in [-0.15, -0.1) is 6.42 Å². The van der Waals surface area contributed by atoms with Crippen molar-refractivity contribution in [3.63, 3.8) is 0 Å². The molecule has 0 aromatic heterocycles. The molecular weight excluding hydrogens is 234 g/mol. The zero-order chi connectivity index (χ0) is 14.5. The van der Waals surface area contributed by atoms with Crippen molar-refractivity contribution in [2.45, 2.75) is 52.5 Å². The summed E-state index contributed by atoms with van der Waals surface area (Å²) in [5.74, 6) is 2.71. The Morgan fingerprint density at radius 1 is 1.26 bits per heavy atom. The molecular formula is C17H23NO. The number of carbonyl (C=O) groups is 1. The predicted octanol–water partition coefficient (Wildman–Crippen LogP) is 3.15. The van der Waals surface area contributed by atoms with Gasteiger partial charge in [-0.2, -0.15) is 0 Å². The third-order valence-electron chi connectivity index (χ3n) is 3.80. The van der Waals surface area contributed by atoms with Crippen molar-refractivity contribution >= 4 is 5.91 Å². The van der Waals surface area contributed by atoms with Gasteiger partial charge in [-0.3, -0.25) is 4.79 Å². The van der Waals surface area contributed by atoms with Crippen LogP contribution in [0.4, 0.5) is 0 Å². The van der Waals surface area contributed by atoms with E-state index in [-0.39, 0.29) is 5.91 Å². The first-order chi connectivity index (χ1) is 8.96. The van der Waals surface area contributed by atoms with Crippen LogP contribution in [0.2, 0.25) is 0 Å². The van der Waals surface area contributed by atoms with Crippen LogP contribution >= 0.6 is 0 Å². The van der Waals surface area contributed by atoms with Crippen molar-refractivity contribution in [1.29, 1.82) is 0 Å². The molecule has 0 radical (unpaired) electrons. The van der Waals surface area contributed by atoms with E-state index in [9.17, 15) is 4.79 Å². The number of terminal acetylenes is 1. The lowest BCUT2D eigenvalue weighted by molar-refractivity contribution is -0.121. The van der Waals surface area contributed by atoms with Gasteiger partial charge in [0.15, 0.2) is 0 Å². The Labute approximate surface area is 116 Å². The molecule has 1 rings (SSSR count). The highest BCUT2D eigenvalue weighted by molar-refractivity contribution is 5.80. The van der Waals surface area contributed by atoms with Gasteiger partial charge in [0.25, 0.3) is 0 Å². The molecule has 0 bridgehead atoms. The van der Waals surface area contributed by atoms with Crippen LogP contribution in [0, 0.1) is 26.2 Å². The van der Waals surface area contributed by atoms with Gasteiger partial charge in [-0.1, -0.05) is 38.0 Å². The largest absolute Gasteiger partial charge is 0.340 e. The summed E-state index contributed by atoms with van der Waals surface area (Å²) >= 11 is 0. The number of hydrogen-bond donors (Lipinski definition) is 1. The van der Waals surface area contributed by atoms with Gasteiger partial charge >= 0.3 is 0 Å². The highest BCUT2D eigenvalue weighted by Gasteiger charge is 2.25. The minimum Gasteiger partial charge on any atom is -0.340 e. The Bertz CT molecular complexity index is 492. The fourth-order valence-corrected chi connectivity index (χ4v) is 2.08. The molecule has 1 aromatic carbocycles. The summed E-state index contributed by atoms with van der Waals surface area (Å²) in [6.45, 7) is 8.12. The molecule has 0 unspecified atom stereocenters. The first-order valence-corrected chi connectivity index (χ1v) is 6.81. The van der Waals surface area contributed by atoms with Crippen LogP contribution < -0.4 is 5.32 Å². The SMILES string of the molecule is C#CC(CC)(CC)NC(=O)Cc1ccc(C)c(C)c1. The molecule has 1 amide bonds. The first-order valence-electron chi connectivity index (χ1n) is 6.81. The maximum absolute atomic E-state index is 12.1. The molecule has 0 atom stereocenters. The lowest BCUT2D eigenvalue weighted by Crippen LogP contribution is -2.47. The van der Waals surface area contributed by atoms with Gasteiger partial charge in [0.2, 0.25) is 5.91 Å². The fraction of sp³-hybridized carbons (Fsp3) is 0.471. The molecule has 1 N–H and O–H groups in total. The van der Waals surface area contributed by atoms with E-state index >= 15 is 0 Å². The summed E-state index contributed by atoms with van der Waals surface area (Å²) in [6, 6.07) is 6.10. The van der Waals surface area contributed by atoms with Crippen molar-refractivity contribution in [3.05, 3.63) is 34.9 Å². The summed E-state index contributed by atoms with van der Waals surface area (Å²) in [4.78, 5) is 12.1. The average molecular weight is 257 g/mol. The van der Waals surface area contributed by atoms with Crippen molar-refractivity contribution in [3.8, 4) is 12.3 Å². The molecule has 0 aliphatic heterocycles. The molecule has 0 aliphatic carbocycles. The van der Waals surface area contributed by atoms with Crippen LogP contribution in [0.5, 0.6) is 0 Å². The smallest absolute Gasteiger partial charge is 0.225 e. The lowest BCUT2D eigenvalue weighted by Gasteiger charge is -2.27. The average Bonchev–Trinajstić information content (AvgIpc) is 2.40. The van der Waals surface area contributed by atoms with E-state index in [1.54, 1.807) is 0 Å². The summed E-state index contributed by atoms with van der Waals surface area (Å²) in [6.07, 6.45) is 7.43. The van der Waals surface area contributed by atoms with Crippen molar-refractivity contribution < 1.29 is 4.79 Å². The number of rotatable bonds is 5. The number of hydrogen-bond acceptors (Lipinski definition) is 1. The van der Waals surface area contributed by atoms with Gasteiger partial charge in [0.1, 0.15) is 5.54 Å². The summed E-state index contributed by atoms with van der Waals surface area (Å²) < 4.78 is 0. The van der Waals surface area contributed by atoms with E-state index in [0.717, 1.165) is 18.4 Å². The molecule has 0 heterocycles. The van der Waals surface area contributed by atoms with Gasteiger partial charge in [-0.05, 0) is 43.4 Å². The molecule has 0 fully saturated rings. The number of benzene rings is 1. The zero-order valence-corrected chi connectivity index (χ0v) is 12.3. The molecule has 0 saturated heterocycles. The molecule has 0 saturated carbocycles. The molecule has 2 heteroatoms. The third-order valence-corrected chi connectivity index (χ3v) is 3.80. The van der Waals surface area contributed by atoms with Gasteiger partial charge in [0.05, 0.1) is 6.42 Å². The Morgan fingerprint density at radius 3 is 2.37 bits per heavy atom. The van der Waals surface area contributed by atoms with Gasteiger partial charge in [-0.25, -0.2) is 0 Å².